The van der Waals surface area contributed by atoms with Crippen LogP contribution in [0.2, 0.25) is 0 Å². The quantitative estimate of drug-likeness (QED) is 0.918. The van der Waals surface area contributed by atoms with Gasteiger partial charge in [0.2, 0.25) is 0 Å². The molecule has 2 aromatic rings. The summed E-state index contributed by atoms with van der Waals surface area (Å²) in [5.74, 6) is 0.437. The second kappa shape index (κ2) is 5.80. The van der Waals surface area contributed by atoms with Crippen molar-refractivity contribution < 1.29 is 9.13 Å². The molecule has 1 unspecified atom stereocenters. The minimum absolute atomic E-state index is 0.220. The van der Waals surface area contributed by atoms with E-state index in [9.17, 15) is 4.39 Å². The molecule has 0 radical (unpaired) electrons. The molecule has 19 heavy (non-hydrogen) atoms. The fourth-order valence-corrected chi connectivity index (χ4v) is 2.07. The number of hydrogen-bond donors (Lipinski definition) is 1. The average Bonchev–Trinajstić information content (AvgIpc) is 2.42. The van der Waals surface area contributed by atoms with E-state index in [2.05, 4.69) is 10.3 Å². The van der Waals surface area contributed by atoms with Gasteiger partial charge in [0.05, 0.1) is 19.3 Å². The highest BCUT2D eigenvalue weighted by molar-refractivity contribution is 5.36. The first kappa shape index (κ1) is 13.5. The number of aromatic nitrogens is 1. The number of nitrogens with one attached hydrogen (secondary N) is 1. The van der Waals surface area contributed by atoms with Gasteiger partial charge in [-0.1, -0.05) is 12.1 Å². The molecule has 0 bridgehead atoms. The predicted octanol–water partition coefficient (Wildman–Crippen LogP) is 2.85. The highest BCUT2D eigenvalue weighted by Crippen LogP contribution is 2.26. The number of methoxy groups -OCH3 is 1. The summed E-state index contributed by atoms with van der Waals surface area (Å²) in [5, 5.41) is 3.11. The molecule has 0 amide bonds. The van der Waals surface area contributed by atoms with Crippen molar-refractivity contribution >= 4 is 0 Å². The third-order valence-electron chi connectivity index (χ3n) is 3.06. The van der Waals surface area contributed by atoms with Gasteiger partial charge >= 0.3 is 0 Å². The van der Waals surface area contributed by atoms with Crippen LogP contribution in [0.1, 0.15) is 22.7 Å². The maximum absolute atomic E-state index is 14.1. The van der Waals surface area contributed by atoms with E-state index >= 15 is 0 Å². The van der Waals surface area contributed by atoms with Gasteiger partial charge in [-0.3, -0.25) is 4.98 Å². The van der Waals surface area contributed by atoms with E-state index in [0.29, 0.717) is 11.3 Å². The van der Waals surface area contributed by atoms with Gasteiger partial charge < -0.3 is 10.1 Å². The molecule has 0 fully saturated rings. The Morgan fingerprint density at radius 2 is 2.05 bits per heavy atom. The highest BCUT2D eigenvalue weighted by atomic mass is 19.1. The summed E-state index contributed by atoms with van der Waals surface area (Å²) in [5.41, 5.74) is 2.37. The number of benzene rings is 1. The molecule has 1 aromatic carbocycles. The Balaban J connectivity index is 2.43. The molecular formula is C15H17FN2O. The minimum Gasteiger partial charge on any atom is -0.495 e. The average molecular weight is 260 g/mol. The third-order valence-corrected chi connectivity index (χ3v) is 3.06. The van der Waals surface area contributed by atoms with Crippen molar-refractivity contribution in [3.8, 4) is 5.75 Å². The Kier molecular flexibility index (Phi) is 4.12. The molecule has 0 aliphatic rings. The van der Waals surface area contributed by atoms with Crippen molar-refractivity contribution in [2.45, 2.75) is 13.0 Å². The van der Waals surface area contributed by atoms with E-state index < -0.39 is 0 Å². The second-order valence-corrected chi connectivity index (χ2v) is 4.40. The topological polar surface area (TPSA) is 34.2 Å². The van der Waals surface area contributed by atoms with Crippen molar-refractivity contribution in [2.75, 3.05) is 14.2 Å². The number of hydrogen-bond acceptors (Lipinski definition) is 3. The Labute approximate surface area is 112 Å². The van der Waals surface area contributed by atoms with Crippen molar-refractivity contribution in [1.29, 1.82) is 0 Å². The maximum Gasteiger partial charge on any atom is 0.137 e. The molecule has 0 saturated heterocycles. The Hall–Kier alpha value is -1.94. The summed E-state index contributed by atoms with van der Waals surface area (Å²) in [7, 11) is 3.38. The minimum atomic E-state index is -0.247. The molecule has 2 rings (SSSR count). The number of rotatable bonds is 4. The molecule has 1 heterocycles. The van der Waals surface area contributed by atoms with Crippen LogP contribution in [0.15, 0.2) is 36.7 Å². The first-order chi connectivity index (χ1) is 9.15. The largest absolute Gasteiger partial charge is 0.495 e. The SMILES string of the molecule is CNC(c1cncc(OC)c1)c1ccc(C)cc1F. The van der Waals surface area contributed by atoms with E-state index in [-0.39, 0.29) is 11.9 Å². The normalized spacial score (nSPS) is 12.2. The van der Waals surface area contributed by atoms with Gasteiger partial charge in [0.25, 0.3) is 0 Å². The molecular weight excluding hydrogens is 243 g/mol. The fraction of sp³-hybridized carbons (Fsp3) is 0.267. The number of halogens is 1. The van der Waals surface area contributed by atoms with Gasteiger partial charge in [-0.15, -0.1) is 0 Å². The lowest BCUT2D eigenvalue weighted by Crippen LogP contribution is -2.19. The summed E-state index contributed by atoms with van der Waals surface area (Å²) in [6.45, 7) is 1.87. The standard InChI is InChI=1S/C15H17FN2O/c1-10-4-5-13(14(16)6-10)15(17-2)11-7-12(19-3)9-18-8-11/h4-9,15,17H,1-3H3. The maximum atomic E-state index is 14.1. The summed E-state index contributed by atoms with van der Waals surface area (Å²) < 4.78 is 19.2. The van der Waals surface area contributed by atoms with Crippen molar-refractivity contribution in [1.82, 2.24) is 10.3 Å². The third kappa shape index (κ3) is 2.90. The van der Waals surface area contributed by atoms with Crippen LogP contribution in [0.25, 0.3) is 0 Å². The van der Waals surface area contributed by atoms with Crippen LogP contribution in [-0.2, 0) is 0 Å². The summed E-state index contributed by atoms with van der Waals surface area (Å²) in [4.78, 5) is 4.11. The summed E-state index contributed by atoms with van der Waals surface area (Å²) in [6, 6.07) is 6.84. The van der Waals surface area contributed by atoms with Crippen LogP contribution < -0.4 is 10.1 Å². The van der Waals surface area contributed by atoms with Crippen LogP contribution in [0.5, 0.6) is 5.75 Å². The van der Waals surface area contributed by atoms with E-state index in [1.54, 1.807) is 32.6 Å². The number of nitrogens with zero attached hydrogens (tertiary/aromatic N) is 1. The van der Waals surface area contributed by atoms with Crippen LogP contribution >= 0.6 is 0 Å². The van der Waals surface area contributed by atoms with Gasteiger partial charge in [-0.2, -0.15) is 0 Å². The first-order valence-corrected chi connectivity index (χ1v) is 6.08. The van der Waals surface area contributed by atoms with E-state index in [1.807, 2.05) is 19.1 Å². The van der Waals surface area contributed by atoms with Gasteiger partial charge in [0, 0.05) is 11.8 Å². The van der Waals surface area contributed by atoms with Crippen LogP contribution in [0.3, 0.4) is 0 Å². The molecule has 100 valence electrons. The Morgan fingerprint density at radius 1 is 1.26 bits per heavy atom. The van der Waals surface area contributed by atoms with Crippen LogP contribution in [0, 0.1) is 12.7 Å². The first-order valence-electron chi connectivity index (χ1n) is 6.08. The monoisotopic (exact) mass is 260 g/mol. The Morgan fingerprint density at radius 3 is 2.68 bits per heavy atom. The van der Waals surface area contributed by atoms with E-state index in [0.717, 1.165) is 11.1 Å². The lowest BCUT2D eigenvalue weighted by atomic mass is 9.98. The van der Waals surface area contributed by atoms with E-state index in [4.69, 9.17) is 4.74 Å². The second-order valence-electron chi connectivity index (χ2n) is 4.40. The zero-order valence-electron chi connectivity index (χ0n) is 11.3. The predicted molar refractivity (Wildman–Crippen MR) is 72.8 cm³/mol. The summed E-state index contributed by atoms with van der Waals surface area (Å²) >= 11 is 0. The molecule has 0 aliphatic heterocycles. The van der Waals surface area contributed by atoms with Gasteiger partial charge in [-0.25, -0.2) is 4.39 Å². The lowest BCUT2D eigenvalue weighted by Gasteiger charge is -2.18. The van der Waals surface area contributed by atoms with Crippen LogP contribution in [0.4, 0.5) is 4.39 Å². The van der Waals surface area contributed by atoms with Gasteiger partial charge in [-0.05, 0) is 37.2 Å². The molecule has 4 heteroatoms. The number of pyridine rings is 1. The zero-order valence-corrected chi connectivity index (χ0v) is 11.3. The molecule has 1 atom stereocenters. The van der Waals surface area contributed by atoms with Crippen molar-refractivity contribution in [2.24, 2.45) is 0 Å². The molecule has 0 saturated carbocycles. The zero-order chi connectivity index (χ0) is 13.8. The van der Waals surface area contributed by atoms with Crippen molar-refractivity contribution in [3.05, 3.63) is 59.2 Å². The van der Waals surface area contributed by atoms with Gasteiger partial charge in [0.15, 0.2) is 0 Å². The van der Waals surface area contributed by atoms with Gasteiger partial charge in [0.1, 0.15) is 11.6 Å². The molecule has 1 aromatic heterocycles. The molecule has 0 spiro atoms. The highest BCUT2D eigenvalue weighted by Gasteiger charge is 2.17. The molecule has 0 aliphatic carbocycles. The molecule has 1 N–H and O–H groups in total. The smallest absolute Gasteiger partial charge is 0.137 e. The molecule has 3 nitrogen and oxygen atoms in total. The summed E-state index contributed by atoms with van der Waals surface area (Å²) in [6.07, 6.45) is 3.34. The number of ether oxygens (including phenoxy) is 1. The van der Waals surface area contributed by atoms with E-state index in [1.165, 1.54) is 6.07 Å². The Bertz CT molecular complexity index is 572. The fourth-order valence-electron chi connectivity index (χ4n) is 2.07. The lowest BCUT2D eigenvalue weighted by molar-refractivity contribution is 0.411. The van der Waals surface area contributed by atoms with Crippen LogP contribution in [-0.4, -0.2) is 19.1 Å². The van der Waals surface area contributed by atoms with Crippen molar-refractivity contribution in [3.63, 3.8) is 0 Å². The number of aryl methyl sites for hydroxylation is 1.